The number of Topliss-reactive ketones (excluding diaryl/α,β-unsaturated/α-hetero) is 1. The molecule has 3 rings (SSSR count). The Morgan fingerprint density at radius 1 is 0.964 bits per heavy atom. The highest BCUT2D eigenvalue weighted by Gasteiger charge is 2.37. The molecule has 2 aromatic carbocycles. The van der Waals surface area contributed by atoms with Gasteiger partial charge in [-0.1, -0.05) is 12.1 Å². The molecule has 0 spiro atoms. The van der Waals surface area contributed by atoms with E-state index in [-0.39, 0.29) is 11.1 Å². The molecule has 2 aromatic rings. The highest BCUT2D eigenvalue weighted by atomic mass is 16.5. The fourth-order valence-electron chi connectivity index (χ4n) is 2.92. The molecular weight excluding hydrogens is 362 g/mol. The molecule has 0 unspecified atom stereocenters. The molecule has 0 bridgehead atoms. The van der Waals surface area contributed by atoms with Crippen LogP contribution >= 0.6 is 0 Å². The Kier molecular flexibility index (Phi) is 5.54. The van der Waals surface area contributed by atoms with Crippen molar-refractivity contribution < 1.29 is 28.7 Å². The number of carbonyl (C=O) groups is 4. The van der Waals surface area contributed by atoms with Crippen LogP contribution in [0.3, 0.4) is 0 Å². The molecular formula is C21H19NO6. The molecule has 1 aliphatic heterocycles. The number of rotatable bonds is 7. The number of ketones is 1. The Hall–Kier alpha value is -3.48. The van der Waals surface area contributed by atoms with Gasteiger partial charge in [-0.25, -0.2) is 0 Å². The molecule has 0 saturated carbocycles. The van der Waals surface area contributed by atoms with Gasteiger partial charge in [-0.05, 0) is 50.2 Å². The molecule has 1 atom stereocenters. The molecule has 0 aliphatic carbocycles. The van der Waals surface area contributed by atoms with Crippen molar-refractivity contribution in [3.8, 4) is 5.75 Å². The summed E-state index contributed by atoms with van der Waals surface area (Å²) in [4.78, 5) is 50.0. The predicted octanol–water partition coefficient (Wildman–Crippen LogP) is 2.50. The second kappa shape index (κ2) is 8.04. The lowest BCUT2D eigenvalue weighted by atomic mass is 10.1. The van der Waals surface area contributed by atoms with E-state index in [4.69, 9.17) is 9.47 Å². The van der Waals surface area contributed by atoms with Gasteiger partial charge in [0.05, 0.1) is 17.7 Å². The molecule has 0 saturated heterocycles. The summed E-state index contributed by atoms with van der Waals surface area (Å²) in [5, 5.41) is 0. The second-order valence-corrected chi connectivity index (χ2v) is 6.20. The SMILES string of the molecule is CCOc1ccc(C(=O)[C@@H](C)OC(=O)CN2C(=O)c3ccccc3C2=O)cc1. The van der Waals surface area contributed by atoms with E-state index < -0.39 is 36.2 Å². The van der Waals surface area contributed by atoms with Crippen molar-refractivity contribution in [1.29, 1.82) is 0 Å². The van der Waals surface area contributed by atoms with Gasteiger partial charge < -0.3 is 9.47 Å². The minimum Gasteiger partial charge on any atom is -0.494 e. The van der Waals surface area contributed by atoms with Gasteiger partial charge >= 0.3 is 5.97 Å². The third kappa shape index (κ3) is 3.78. The monoisotopic (exact) mass is 381 g/mol. The number of hydrogen-bond donors (Lipinski definition) is 0. The van der Waals surface area contributed by atoms with Crippen LogP contribution in [0, 0.1) is 0 Å². The van der Waals surface area contributed by atoms with Crippen LogP contribution in [0.25, 0.3) is 0 Å². The van der Waals surface area contributed by atoms with Gasteiger partial charge in [0.1, 0.15) is 12.3 Å². The van der Waals surface area contributed by atoms with E-state index >= 15 is 0 Å². The highest BCUT2D eigenvalue weighted by molar-refractivity contribution is 6.22. The van der Waals surface area contributed by atoms with Crippen LogP contribution in [0.15, 0.2) is 48.5 Å². The molecule has 7 nitrogen and oxygen atoms in total. The van der Waals surface area contributed by atoms with Crippen LogP contribution in [0.4, 0.5) is 0 Å². The first-order chi connectivity index (χ1) is 13.4. The summed E-state index contributed by atoms with van der Waals surface area (Å²) in [6, 6.07) is 12.8. The number of imide groups is 1. The first-order valence-corrected chi connectivity index (χ1v) is 8.84. The van der Waals surface area contributed by atoms with Crippen molar-refractivity contribution in [3.05, 3.63) is 65.2 Å². The van der Waals surface area contributed by atoms with Gasteiger partial charge in [-0.2, -0.15) is 0 Å². The third-order valence-electron chi connectivity index (χ3n) is 4.29. The zero-order chi connectivity index (χ0) is 20.3. The van der Waals surface area contributed by atoms with Crippen LogP contribution in [-0.2, 0) is 9.53 Å². The summed E-state index contributed by atoms with van der Waals surface area (Å²) in [6.07, 6.45) is -1.05. The number of fused-ring (bicyclic) bond motifs is 1. The van der Waals surface area contributed by atoms with Gasteiger partial charge in [-0.15, -0.1) is 0 Å². The zero-order valence-corrected chi connectivity index (χ0v) is 15.5. The Labute approximate surface area is 161 Å². The summed E-state index contributed by atoms with van der Waals surface area (Å²) in [6.45, 7) is 3.26. The number of amides is 2. The van der Waals surface area contributed by atoms with E-state index in [0.29, 0.717) is 17.9 Å². The Bertz CT molecular complexity index is 899. The standard InChI is InChI=1S/C21H19NO6/c1-3-27-15-10-8-14(9-11-15)19(24)13(2)28-18(23)12-22-20(25)16-6-4-5-7-17(16)21(22)26/h4-11,13H,3,12H2,1-2H3/t13-/m1/s1. The zero-order valence-electron chi connectivity index (χ0n) is 15.5. The van der Waals surface area contributed by atoms with Gasteiger partial charge in [0, 0.05) is 5.56 Å². The molecule has 144 valence electrons. The fraction of sp³-hybridized carbons (Fsp3) is 0.238. The average molecular weight is 381 g/mol. The van der Waals surface area contributed by atoms with Crippen LogP contribution in [0.1, 0.15) is 44.9 Å². The van der Waals surface area contributed by atoms with Crippen molar-refractivity contribution in [2.75, 3.05) is 13.2 Å². The summed E-state index contributed by atoms with van der Waals surface area (Å²) in [5.41, 5.74) is 0.863. The van der Waals surface area contributed by atoms with Gasteiger partial charge in [0.15, 0.2) is 6.10 Å². The Balaban J connectivity index is 1.61. The predicted molar refractivity (Wildman–Crippen MR) is 99.3 cm³/mol. The Morgan fingerprint density at radius 3 is 2.07 bits per heavy atom. The first kappa shape index (κ1) is 19.3. The molecule has 7 heteroatoms. The molecule has 2 amide bonds. The van der Waals surface area contributed by atoms with Crippen molar-refractivity contribution in [2.24, 2.45) is 0 Å². The molecule has 0 radical (unpaired) electrons. The maximum atomic E-state index is 12.4. The smallest absolute Gasteiger partial charge is 0.326 e. The van der Waals surface area contributed by atoms with Crippen molar-refractivity contribution >= 4 is 23.6 Å². The fourth-order valence-corrected chi connectivity index (χ4v) is 2.92. The van der Waals surface area contributed by atoms with Crippen LogP contribution < -0.4 is 4.74 Å². The molecule has 28 heavy (non-hydrogen) atoms. The van der Waals surface area contributed by atoms with Crippen molar-refractivity contribution in [3.63, 3.8) is 0 Å². The van der Waals surface area contributed by atoms with E-state index in [0.717, 1.165) is 4.90 Å². The highest BCUT2D eigenvalue weighted by Crippen LogP contribution is 2.22. The molecule has 0 N–H and O–H groups in total. The maximum absolute atomic E-state index is 12.4. The van der Waals surface area contributed by atoms with Gasteiger partial charge in [-0.3, -0.25) is 24.1 Å². The number of ether oxygens (including phenoxy) is 2. The van der Waals surface area contributed by atoms with E-state index in [9.17, 15) is 19.2 Å². The molecule has 1 heterocycles. The van der Waals surface area contributed by atoms with Crippen LogP contribution in [-0.4, -0.2) is 47.7 Å². The number of carbonyl (C=O) groups excluding carboxylic acids is 4. The lowest BCUT2D eigenvalue weighted by Gasteiger charge is -2.16. The summed E-state index contributed by atoms with van der Waals surface area (Å²) < 4.78 is 10.5. The van der Waals surface area contributed by atoms with Gasteiger partial charge in [0.25, 0.3) is 11.8 Å². The van der Waals surface area contributed by atoms with E-state index in [1.54, 1.807) is 36.4 Å². The van der Waals surface area contributed by atoms with Crippen molar-refractivity contribution in [1.82, 2.24) is 4.90 Å². The second-order valence-electron chi connectivity index (χ2n) is 6.20. The summed E-state index contributed by atoms with van der Waals surface area (Å²) >= 11 is 0. The number of benzene rings is 2. The first-order valence-electron chi connectivity index (χ1n) is 8.84. The Morgan fingerprint density at radius 2 is 1.54 bits per heavy atom. The van der Waals surface area contributed by atoms with E-state index in [2.05, 4.69) is 0 Å². The topological polar surface area (TPSA) is 90.0 Å². The lowest BCUT2D eigenvalue weighted by Crippen LogP contribution is -2.37. The van der Waals surface area contributed by atoms with Crippen molar-refractivity contribution in [2.45, 2.75) is 20.0 Å². The minimum atomic E-state index is -1.05. The van der Waals surface area contributed by atoms with Crippen LogP contribution in [0.2, 0.25) is 0 Å². The maximum Gasteiger partial charge on any atom is 0.326 e. The molecule has 1 aliphatic rings. The number of esters is 1. The van der Waals surface area contributed by atoms with E-state index in [1.807, 2.05) is 6.92 Å². The number of nitrogens with zero attached hydrogens (tertiary/aromatic N) is 1. The molecule has 0 fully saturated rings. The van der Waals surface area contributed by atoms with Gasteiger partial charge in [0.2, 0.25) is 5.78 Å². The van der Waals surface area contributed by atoms with E-state index in [1.165, 1.54) is 19.1 Å². The minimum absolute atomic E-state index is 0.249. The quantitative estimate of drug-likeness (QED) is 0.416. The summed E-state index contributed by atoms with van der Waals surface area (Å²) in [5.74, 6) is -1.69. The summed E-state index contributed by atoms with van der Waals surface area (Å²) in [7, 11) is 0. The third-order valence-corrected chi connectivity index (χ3v) is 4.29. The normalized spacial score (nSPS) is 13.9. The van der Waals surface area contributed by atoms with Crippen LogP contribution in [0.5, 0.6) is 5.75 Å². The lowest BCUT2D eigenvalue weighted by molar-refractivity contribution is -0.146. The largest absolute Gasteiger partial charge is 0.494 e. The number of hydrogen-bond acceptors (Lipinski definition) is 6. The average Bonchev–Trinajstić information content (AvgIpc) is 2.93. The molecule has 0 aromatic heterocycles.